The molecule has 0 radical (unpaired) electrons. The van der Waals surface area contributed by atoms with Crippen molar-refractivity contribution in [3.8, 4) is 5.75 Å². The molecule has 2 aliphatic heterocycles. The molecule has 1 amide bonds. The van der Waals surface area contributed by atoms with Crippen LogP contribution in [0.5, 0.6) is 5.75 Å². The third-order valence-corrected chi connectivity index (χ3v) is 11.3. The van der Waals surface area contributed by atoms with Gasteiger partial charge in [0.2, 0.25) is 10.0 Å². The molecule has 2 N–H and O–H groups in total. The molecule has 1 spiro atoms. The van der Waals surface area contributed by atoms with Gasteiger partial charge in [0.05, 0.1) is 24.2 Å². The molecule has 1 fully saturated rings. The lowest BCUT2D eigenvalue weighted by Gasteiger charge is -2.52. The first-order valence-electron chi connectivity index (χ1n) is 14.3. The number of rotatable bonds is 0. The highest BCUT2D eigenvalue weighted by molar-refractivity contribution is 7.90. The molecule has 2 heterocycles. The normalized spacial score (nSPS) is 32.5. The van der Waals surface area contributed by atoms with E-state index in [-0.39, 0.29) is 34.5 Å². The van der Waals surface area contributed by atoms with Gasteiger partial charge in [0.1, 0.15) is 5.75 Å². The van der Waals surface area contributed by atoms with Crippen molar-refractivity contribution in [3.05, 3.63) is 70.3 Å². The Morgan fingerprint density at radius 3 is 2.80 bits per heavy atom. The van der Waals surface area contributed by atoms with Gasteiger partial charge in [0.25, 0.3) is 5.91 Å². The average Bonchev–Trinajstić information content (AvgIpc) is 3.06. The molecule has 4 atom stereocenters. The number of ether oxygens (including phenoxy) is 1. The monoisotopic (exact) mass is 584 g/mol. The number of hydrogen-bond acceptors (Lipinski definition) is 6. The summed E-state index contributed by atoms with van der Waals surface area (Å²) in [6.45, 7) is 4.07. The average molecular weight is 585 g/mol. The van der Waals surface area contributed by atoms with Crippen molar-refractivity contribution in [1.29, 1.82) is 0 Å². The Morgan fingerprint density at radius 1 is 1.15 bits per heavy atom. The fraction of sp³-hybridized carbons (Fsp3) is 0.516. The summed E-state index contributed by atoms with van der Waals surface area (Å²) in [5.41, 5.74) is 3.07. The summed E-state index contributed by atoms with van der Waals surface area (Å²) >= 11 is 6.38. The SMILES string of the molecule is C[C@@]12CC[C@@H]1CN1C[C@@]3(CCCc4cc(Cl)ccc43)COc3ccc(cc31)C(=O)NS(=O)(=O)CC/C=C\C[C@@H]2O. The first kappa shape index (κ1) is 27.6. The molecule has 4 aliphatic rings. The van der Waals surface area contributed by atoms with Crippen LogP contribution in [-0.4, -0.2) is 51.0 Å². The van der Waals surface area contributed by atoms with E-state index in [0.29, 0.717) is 31.9 Å². The zero-order valence-corrected chi connectivity index (χ0v) is 24.4. The number of aliphatic hydroxyl groups excluding tert-OH is 1. The van der Waals surface area contributed by atoms with Gasteiger partial charge < -0.3 is 14.7 Å². The highest BCUT2D eigenvalue weighted by atomic mass is 35.5. The standard InChI is InChI=1S/C31H37ClN2O5S/c1-30-14-12-23(30)18-34-19-31(13-5-6-21-16-24(32)9-10-25(21)31)20-39-27-11-8-22(17-26(27)34)29(36)33-40(37,38)15-4-2-3-7-28(30)35/h2-3,8-11,16-17,23,28,35H,4-7,12-15,18-20H2,1H3,(H,33,36)/b3-2-/t23-,28+,30-,31+/m1/s1. The van der Waals surface area contributed by atoms with E-state index in [0.717, 1.165) is 42.8 Å². The van der Waals surface area contributed by atoms with E-state index in [4.69, 9.17) is 16.3 Å². The van der Waals surface area contributed by atoms with Gasteiger partial charge in [-0.05, 0) is 97.7 Å². The Balaban J connectivity index is 1.43. The van der Waals surface area contributed by atoms with E-state index in [9.17, 15) is 18.3 Å². The number of aryl methyl sites for hydroxylation is 1. The second-order valence-corrected chi connectivity index (χ2v) is 14.6. The van der Waals surface area contributed by atoms with Crippen LogP contribution in [0.1, 0.15) is 66.9 Å². The zero-order chi connectivity index (χ0) is 28.1. The summed E-state index contributed by atoms with van der Waals surface area (Å²) in [6.07, 6.45) is 8.80. The van der Waals surface area contributed by atoms with Crippen LogP contribution in [0.4, 0.5) is 5.69 Å². The number of allylic oxidation sites excluding steroid dienone is 1. The first-order valence-corrected chi connectivity index (χ1v) is 16.3. The smallest absolute Gasteiger partial charge is 0.264 e. The number of aliphatic hydroxyl groups is 1. The molecule has 214 valence electrons. The number of nitrogens with one attached hydrogen (secondary N) is 1. The minimum atomic E-state index is -3.81. The van der Waals surface area contributed by atoms with Gasteiger partial charge in [-0.1, -0.05) is 36.7 Å². The number of nitrogens with zero attached hydrogens (tertiary/aromatic N) is 1. The van der Waals surface area contributed by atoms with Crippen molar-refractivity contribution < 1.29 is 23.1 Å². The molecule has 6 rings (SSSR count). The minimum absolute atomic E-state index is 0.197. The Morgan fingerprint density at radius 2 is 2.00 bits per heavy atom. The van der Waals surface area contributed by atoms with Crippen molar-refractivity contribution >= 4 is 33.2 Å². The van der Waals surface area contributed by atoms with Crippen molar-refractivity contribution in [2.24, 2.45) is 11.3 Å². The minimum Gasteiger partial charge on any atom is -0.490 e. The van der Waals surface area contributed by atoms with E-state index in [1.807, 2.05) is 12.1 Å². The molecule has 0 aromatic heterocycles. The number of anilines is 1. The number of fused-ring (bicyclic) bond motifs is 4. The first-order chi connectivity index (χ1) is 19.1. The Kier molecular flexibility index (Phi) is 7.16. The van der Waals surface area contributed by atoms with Crippen LogP contribution in [0.25, 0.3) is 0 Å². The summed E-state index contributed by atoms with van der Waals surface area (Å²) < 4.78 is 34.0. The van der Waals surface area contributed by atoms with Gasteiger partial charge in [0, 0.05) is 29.1 Å². The number of halogens is 1. The van der Waals surface area contributed by atoms with Gasteiger partial charge in [0.15, 0.2) is 0 Å². The van der Waals surface area contributed by atoms with Crippen LogP contribution < -0.4 is 14.4 Å². The van der Waals surface area contributed by atoms with Crippen LogP contribution >= 0.6 is 11.6 Å². The highest BCUT2D eigenvalue weighted by Gasteiger charge is 2.49. The summed E-state index contributed by atoms with van der Waals surface area (Å²) in [4.78, 5) is 15.4. The van der Waals surface area contributed by atoms with Gasteiger partial charge in [-0.15, -0.1) is 0 Å². The molecule has 40 heavy (non-hydrogen) atoms. The van der Waals surface area contributed by atoms with Crippen LogP contribution in [0.15, 0.2) is 48.6 Å². The maximum atomic E-state index is 13.1. The maximum absolute atomic E-state index is 13.1. The Hall–Kier alpha value is -2.55. The summed E-state index contributed by atoms with van der Waals surface area (Å²) in [5.74, 6) is 0.109. The number of benzene rings is 2. The summed E-state index contributed by atoms with van der Waals surface area (Å²) in [5, 5.41) is 12.0. The molecule has 2 aromatic rings. The third-order valence-electron chi connectivity index (χ3n) is 9.79. The van der Waals surface area contributed by atoms with Crippen molar-refractivity contribution in [2.75, 3.05) is 30.3 Å². The molecular weight excluding hydrogens is 548 g/mol. The maximum Gasteiger partial charge on any atom is 0.264 e. The molecule has 2 bridgehead atoms. The van der Waals surface area contributed by atoms with E-state index in [2.05, 4.69) is 28.7 Å². The molecular formula is C31H37ClN2O5S. The fourth-order valence-corrected chi connectivity index (χ4v) is 8.29. The van der Waals surface area contributed by atoms with E-state index in [1.54, 1.807) is 24.3 Å². The van der Waals surface area contributed by atoms with Crippen molar-refractivity contribution in [3.63, 3.8) is 0 Å². The lowest BCUT2D eigenvalue weighted by molar-refractivity contribution is -0.0695. The molecule has 0 saturated heterocycles. The second-order valence-electron chi connectivity index (χ2n) is 12.3. The van der Waals surface area contributed by atoms with Gasteiger partial charge in [-0.25, -0.2) is 13.1 Å². The number of carbonyl (C=O) groups excluding carboxylic acids is 1. The third kappa shape index (κ3) is 5.03. The van der Waals surface area contributed by atoms with Gasteiger partial charge in [-0.2, -0.15) is 0 Å². The van der Waals surface area contributed by atoms with Gasteiger partial charge in [-0.3, -0.25) is 4.79 Å². The fourth-order valence-electron chi connectivity index (χ4n) is 7.15. The highest BCUT2D eigenvalue weighted by Crippen LogP contribution is 2.52. The van der Waals surface area contributed by atoms with Crippen molar-refractivity contribution in [1.82, 2.24) is 4.72 Å². The Labute approximate surface area is 241 Å². The predicted molar refractivity (Wildman–Crippen MR) is 157 cm³/mol. The molecule has 9 heteroatoms. The predicted octanol–water partition coefficient (Wildman–Crippen LogP) is 5.00. The van der Waals surface area contributed by atoms with Crippen LogP contribution in [-0.2, 0) is 21.9 Å². The topological polar surface area (TPSA) is 95.9 Å². The van der Waals surface area contributed by atoms with E-state index >= 15 is 0 Å². The second kappa shape index (κ2) is 10.4. The van der Waals surface area contributed by atoms with Crippen LogP contribution in [0, 0.1) is 11.3 Å². The number of carbonyl (C=O) groups is 1. The molecule has 0 unspecified atom stereocenters. The number of hydrogen-bond donors (Lipinski definition) is 2. The molecule has 7 nitrogen and oxygen atoms in total. The lowest BCUT2D eigenvalue weighted by Crippen LogP contribution is -2.53. The lowest BCUT2D eigenvalue weighted by atomic mass is 9.57. The van der Waals surface area contributed by atoms with Crippen LogP contribution in [0.3, 0.4) is 0 Å². The zero-order valence-electron chi connectivity index (χ0n) is 22.9. The number of amides is 1. The molecule has 2 aromatic carbocycles. The summed E-state index contributed by atoms with van der Waals surface area (Å²) in [7, 11) is -3.81. The van der Waals surface area contributed by atoms with Crippen molar-refractivity contribution in [2.45, 2.75) is 63.4 Å². The van der Waals surface area contributed by atoms with Gasteiger partial charge >= 0.3 is 0 Å². The van der Waals surface area contributed by atoms with E-state index in [1.165, 1.54) is 11.1 Å². The quantitative estimate of drug-likeness (QED) is 0.423. The Bertz CT molecular complexity index is 1460. The van der Waals surface area contributed by atoms with E-state index < -0.39 is 22.0 Å². The van der Waals surface area contributed by atoms with Crippen LogP contribution in [0.2, 0.25) is 5.02 Å². The molecule has 2 aliphatic carbocycles. The summed E-state index contributed by atoms with van der Waals surface area (Å²) in [6, 6.07) is 11.3. The largest absolute Gasteiger partial charge is 0.490 e. The molecule has 1 saturated carbocycles. The number of sulfonamides is 1.